The summed E-state index contributed by atoms with van der Waals surface area (Å²) in [7, 11) is 0. The van der Waals surface area contributed by atoms with E-state index in [1.165, 1.54) is 38.5 Å². The van der Waals surface area contributed by atoms with Crippen molar-refractivity contribution >= 4 is 54.1 Å². The Bertz CT molecular complexity index is 745. The van der Waals surface area contributed by atoms with Crippen molar-refractivity contribution in [3.05, 3.63) is 20.7 Å². The average Bonchev–Trinajstić information content (AvgIpc) is 3.25. The zero-order chi connectivity index (χ0) is 18.5. The van der Waals surface area contributed by atoms with Gasteiger partial charge in [0.25, 0.3) is 0 Å². The van der Waals surface area contributed by atoms with E-state index in [0.29, 0.717) is 0 Å². The molecule has 1 aromatic carbocycles. The van der Waals surface area contributed by atoms with Crippen molar-refractivity contribution < 1.29 is 8.83 Å². The highest BCUT2D eigenvalue weighted by atomic mass is 79.9. The molecule has 0 N–H and O–H groups in total. The maximum atomic E-state index is 6.02. The molecule has 0 radical (unpaired) electrons. The van der Waals surface area contributed by atoms with Gasteiger partial charge in [-0.25, -0.2) is 9.97 Å². The third-order valence-electron chi connectivity index (χ3n) is 4.65. The summed E-state index contributed by atoms with van der Waals surface area (Å²) < 4.78 is 13.7. The largest absolute Gasteiger partial charge is 0.439 e. The normalized spacial score (nSPS) is 11.8. The molecule has 0 amide bonds. The van der Waals surface area contributed by atoms with Gasteiger partial charge in [-0.3, -0.25) is 0 Å². The molecule has 0 aliphatic heterocycles. The number of oxazole rings is 2. The van der Waals surface area contributed by atoms with Crippen molar-refractivity contribution in [2.75, 3.05) is 0 Å². The summed E-state index contributed by atoms with van der Waals surface area (Å²) in [6.45, 7) is 4.43. The molecule has 0 unspecified atom stereocenters. The molecule has 0 saturated heterocycles. The Morgan fingerprint density at radius 3 is 1.46 bits per heavy atom. The Labute approximate surface area is 171 Å². The van der Waals surface area contributed by atoms with Crippen molar-refractivity contribution in [2.45, 2.75) is 78.1 Å². The molecule has 3 aromatic rings. The molecule has 0 bridgehead atoms. The highest BCUT2D eigenvalue weighted by molar-refractivity contribution is 9.11. The number of hydrogen-bond acceptors (Lipinski definition) is 4. The van der Waals surface area contributed by atoms with E-state index in [9.17, 15) is 0 Å². The summed E-state index contributed by atoms with van der Waals surface area (Å²) in [5.74, 6) is 1.56. The van der Waals surface area contributed by atoms with Crippen LogP contribution in [0.15, 0.2) is 17.8 Å². The Kier molecular flexibility index (Phi) is 7.15. The average molecular weight is 486 g/mol. The molecular formula is C20H26Br2N2O2. The second kappa shape index (κ2) is 9.36. The van der Waals surface area contributed by atoms with Crippen LogP contribution in [0.1, 0.15) is 77.0 Å². The van der Waals surface area contributed by atoms with Crippen LogP contribution in [0.5, 0.6) is 0 Å². The number of aryl methyl sites for hydroxylation is 2. The molecule has 3 rings (SSSR count). The Morgan fingerprint density at radius 2 is 1.08 bits per heavy atom. The molecule has 0 saturated carbocycles. The maximum Gasteiger partial charge on any atom is 0.195 e. The SMILES string of the molecule is CCCCCCc1nc2c(Br)c3oc(CCCCCC)nc3c(Br)c2o1. The number of aromatic nitrogens is 2. The number of hydrogen-bond donors (Lipinski definition) is 0. The van der Waals surface area contributed by atoms with Crippen LogP contribution in [0, 0.1) is 0 Å². The van der Waals surface area contributed by atoms with Crippen LogP contribution in [0.2, 0.25) is 0 Å². The second-order valence-corrected chi connectivity index (χ2v) is 8.41. The Balaban J connectivity index is 1.84. The van der Waals surface area contributed by atoms with Crippen molar-refractivity contribution in [2.24, 2.45) is 0 Å². The summed E-state index contributed by atoms with van der Waals surface area (Å²) in [6, 6.07) is 0. The number of unbranched alkanes of at least 4 members (excludes halogenated alkanes) is 6. The molecular weight excluding hydrogens is 460 g/mol. The lowest BCUT2D eigenvalue weighted by atomic mass is 10.1. The summed E-state index contributed by atoms with van der Waals surface area (Å²) in [4.78, 5) is 9.37. The molecule has 2 heterocycles. The van der Waals surface area contributed by atoms with Crippen LogP contribution in [0.4, 0.5) is 0 Å². The van der Waals surface area contributed by atoms with Gasteiger partial charge in [0.2, 0.25) is 0 Å². The highest BCUT2D eigenvalue weighted by Gasteiger charge is 2.21. The van der Waals surface area contributed by atoms with Gasteiger partial charge in [-0.1, -0.05) is 52.4 Å². The molecule has 4 nitrogen and oxygen atoms in total. The maximum absolute atomic E-state index is 6.02. The molecule has 0 aliphatic rings. The molecule has 26 heavy (non-hydrogen) atoms. The minimum Gasteiger partial charge on any atom is -0.439 e. The van der Waals surface area contributed by atoms with Gasteiger partial charge in [-0.15, -0.1) is 0 Å². The minimum atomic E-state index is 0.751. The predicted molar refractivity (Wildman–Crippen MR) is 113 cm³/mol. The third kappa shape index (κ3) is 4.33. The van der Waals surface area contributed by atoms with E-state index in [4.69, 9.17) is 8.83 Å². The Morgan fingerprint density at radius 1 is 0.654 bits per heavy atom. The molecule has 0 fully saturated rings. The highest BCUT2D eigenvalue weighted by Crippen LogP contribution is 2.40. The van der Waals surface area contributed by atoms with Crippen molar-refractivity contribution in [1.82, 2.24) is 9.97 Å². The molecule has 142 valence electrons. The zero-order valence-corrected chi connectivity index (χ0v) is 18.7. The van der Waals surface area contributed by atoms with E-state index in [0.717, 1.165) is 68.6 Å². The molecule has 6 heteroatoms. The van der Waals surface area contributed by atoms with Gasteiger partial charge in [-0.2, -0.15) is 0 Å². The van der Waals surface area contributed by atoms with Crippen LogP contribution in [0.25, 0.3) is 22.2 Å². The molecule has 0 spiro atoms. The fourth-order valence-corrected chi connectivity index (χ4v) is 4.23. The lowest BCUT2D eigenvalue weighted by molar-refractivity contribution is 0.508. The summed E-state index contributed by atoms with van der Waals surface area (Å²) >= 11 is 7.30. The quantitative estimate of drug-likeness (QED) is 0.275. The summed E-state index contributed by atoms with van der Waals surface area (Å²) in [5.41, 5.74) is 3.12. The molecule has 2 aromatic heterocycles. The van der Waals surface area contributed by atoms with E-state index in [1.54, 1.807) is 0 Å². The standard InChI is InChI=1S/C20H26Br2N2O2/c1-3-5-7-9-11-13-23-17-15(21)20-18(16(22)19(17)25-13)24-14(26-20)12-10-8-6-4-2/h3-12H2,1-2H3. The first-order valence-electron chi connectivity index (χ1n) is 9.71. The van der Waals surface area contributed by atoms with E-state index in [2.05, 4.69) is 55.7 Å². The first kappa shape index (κ1) is 19.9. The number of fused-ring (bicyclic) bond motifs is 2. The van der Waals surface area contributed by atoms with Crippen LogP contribution in [-0.2, 0) is 12.8 Å². The van der Waals surface area contributed by atoms with E-state index in [1.807, 2.05) is 0 Å². The van der Waals surface area contributed by atoms with Gasteiger partial charge in [-0.05, 0) is 44.7 Å². The van der Waals surface area contributed by atoms with Crippen LogP contribution >= 0.6 is 31.9 Å². The van der Waals surface area contributed by atoms with Gasteiger partial charge in [0.05, 0.1) is 8.95 Å². The fourth-order valence-electron chi connectivity index (χ4n) is 3.16. The molecule has 0 aliphatic carbocycles. The van der Waals surface area contributed by atoms with Gasteiger partial charge in [0.15, 0.2) is 22.9 Å². The second-order valence-electron chi connectivity index (χ2n) is 6.82. The van der Waals surface area contributed by atoms with Crippen molar-refractivity contribution in [3.63, 3.8) is 0 Å². The number of benzene rings is 1. The smallest absolute Gasteiger partial charge is 0.195 e. The van der Waals surface area contributed by atoms with E-state index >= 15 is 0 Å². The van der Waals surface area contributed by atoms with Gasteiger partial charge in [0, 0.05) is 12.8 Å². The summed E-state index contributed by atoms with van der Waals surface area (Å²) in [6.07, 6.45) is 11.3. The zero-order valence-electron chi connectivity index (χ0n) is 15.5. The lowest BCUT2D eigenvalue weighted by Crippen LogP contribution is -1.85. The number of halogens is 2. The number of rotatable bonds is 10. The third-order valence-corrected chi connectivity index (χ3v) is 6.12. The molecule has 0 atom stereocenters. The fraction of sp³-hybridized carbons (Fsp3) is 0.600. The Hall–Kier alpha value is -0.880. The van der Waals surface area contributed by atoms with Gasteiger partial charge < -0.3 is 8.83 Å². The van der Waals surface area contributed by atoms with Gasteiger partial charge in [0.1, 0.15) is 11.0 Å². The predicted octanol–water partition coefficient (Wildman–Crippen LogP) is 7.74. The van der Waals surface area contributed by atoms with Crippen LogP contribution in [0.3, 0.4) is 0 Å². The first-order chi connectivity index (χ1) is 12.7. The summed E-state index contributed by atoms with van der Waals surface area (Å²) in [5, 5.41) is 0. The van der Waals surface area contributed by atoms with Crippen molar-refractivity contribution in [3.8, 4) is 0 Å². The van der Waals surface area contributed by atoms with Crippen LogP contribution < -0.4 is 0 Å². The first-order valence-corrected chi connectivity index (χ1v) is 11.3. The van der Waals surface area contributed by atoms with Crippen molar-refractivity contribution in [1.29, 1.82) is 0 Å². The van der Waals surface area contributed by atoms with E-state index < -0.39 is 0 Å². The number of nitrogens with zero attached hydrogens (tertiary/aromatic N) is 2. The van der Waals surface area contributed by atoms with Crippen LogP contribution in [-0.4, -0.2) is 9.97 Å². The van der Waals surface area contributed by atoms with Gasteiger partial charge >= 0.3 is 0 Å². The minimum absolute atomic E-state index is 0.751. The van der Waals surface area contributed by atoms with E-state index in [-0.39, 0.29) is 0 Å². The monoisotopic (exact) mass is 484 g/mol. The topological polar surface area (TPSA) is 52.1 Å². The lowest BCUT2D eigenvalue weighted by Gasteiger charge is -1.96.